The van der Waals surface area contributed by atoms with Gasteiger partial charge in [0.2, 0.25) is 0 Å². The van der Waals surface area contributed by atoms with Crippen LogP contribution in [0.25, 0.3) is 0 Å². The number of hydrogen-bond acceptors (Lipinski definition) is 5. The molecule has 2 unspecified atom stereocenters. The van der Waals surface area contributed by atoms with Crippen molar-refractivity contribution in [2.45, 2.75) is 38.1 Å². The van der Waals surface area contributed by atoms with Gasteiger partial charge in [-0.05, 0) is 22.8 Å². The Morgan fingerprint density at radius 3 is 1.76 bits per heavy atom. The fourth-order valence-electron chi connectivity index (χ4n) is 3.69. The van der Waals surface area contributed by atoms with Crippen LogP contribution in [0.4, 0.5) is 0 Å². The first-order valence-corrected chi connectivity index (χ1v) is 11.1. The van der Waals surface area contributed by atoms with Gasteiger partial charge in [0, 0.05) is 0 Å². The van der Waals surface area contributed by atoms with E-state index in [4.69, 9.17) is 18.9 Å². The van der Waals surface area contributed by atoms with Gasteiger partial charge in [-0.25, -0.2) is 0 Å². The van der Waals surface area contributed by atoms with Crippen LogP contribution in [0.5, 0.6) is 0 Å². The van der Waals surface area contributed by atoms with E-state index in [0.29, 0.717) is 26.1 Å². The molecule has 0 saturated carbocycles. The van der Waals surface area contributed by atoms with Gasteiger partial charge >= 0.3 is 0 Å². The summed E-state index contributed by atoms with van der Waals surface area (Å²) < 4.78 is 24.4. The summed E-state index contributed by atoms with van der Waals surface area (Å²) in [6, 6.07) is 29.8. The van der Waals surface area contributed by atoms with Gasteiger partial charge in [-0.2, -0.15) is 0 Å². The third-order valence-electron chi connectivity index (χ3n) is 5.39. The van der Waals surface area contributed by atoms with Gasteiger partial charge < -0.3 is 18.9 Å². The summed E-state index contributed by atoms with van der Waals surface area (Å²) in [4.78, 5) is 11.6. The van der Waals surface area contributed by atoms with Crippen molar-refractivity contribution >= 4 is 6.29 Å². The number of ether oxygens (including phenoxy) is 4. The third kappa shape index (κ3) is 6.86. The lowest BCUT2D eigenvalue weighted by atomic mass is 10.0. The monoisotopic (exact) mass is 444 g/mol. The number of benzene rings is 3. The fraction of sp³-hybridized carbons (Fsp3) is 0.250. The first-order valence-electron chi connectivity index (χ1n) is 11.1. The maximum Gasteiger partial charge on any atom is 0.184 e. The SMILES string of the molecule is O=CC1=CC(OCc2ccccc2)[C@@H](OCc2ccccc2)C(COCc2ccccc2)O1. The molecule has 0 aliphatic carbocycles. The quantitative estimate of drug-likeness (QED) is 0.396. The highest BCUT2D eigenvalue weighted by atomic mass is 16.6. The molecular formula is C28H28O5. The van der Waals surface area contributed by atoms with E-state index in [1.807, 2.05) is 91.0 Å². The number of aldehydes is 1. The van der Waals surface area contributed by atoms with E-state index in [1.54, 1.807) is 6.08 Å². The molecule has 3 atom stereocenters. The largest absolute Gasteiger partial charge is 0.482 e. The Labute approximate surface area is 194 Å². The van der Waals surface area contributed by atoms with Crippen molar-refractivity contribution in [3.63, 3.8) is 0 Å². The Balaban J connectivity index is 1.47. The van der Waals surface area contributed by atoms with Crippen LogP contribution in [0.3, 0.4) is 0 Å². The minimum absolute atomic E-state index is 0.237. The van der Waals surface area contributed by atoms with E-state index < -0.39 is 18.3 Å². The zero-order valence-electron chi connectivity index (χ0n) is 18.4. The lowest BCUT2D eigenvalue weighted by molar-refractivity contribution is -0.155. The minimum atomic E-state index is -0.483. The number of allylic oxidation sites excluding steroid dienone is 1. The molecule has 0 fully saturated rings. The second-order valence-electron chi connectivity index (χ2n) is 7.87. The van der Waals surface area contributed by atoms with Gasteiger partial charge in [-0.3, -0.25) is 4.79 Å². The molecule has 0 amide bonds. The maximum atomic E-state index is 11.6. The van der Waals surface area contributed by atoms with Crippen LogP contribution < -0.4 is 0 Å². The molecule has 1 aliphatic rings. The Morgan fingerprint density at radius 1 is 0.697 bits per heavy atom. The number of carbonyl (C=O) groups excluding carboxylic acids is 1. The van der Waals surface area contributed by atoms with E-state index in [2.05, 4.69) is 0 Å². The first kappa shape index (κ1) is 22.9. The van der Waals surface area contributed by atoms with Gasteiger partial charge in [0.1, 0.15) is 12.2 Å². The van der Waals surface area contributed by atoms with Crippen LogP contribution in [0.15, 0.2) is 103 Å². The molecule has 0 bridgehead atoms. The summed E-state index contributed by atoms with van der Waals surface area (Å²) >= 11 is 0. The first-order chi connectivity index (χ1) is 16.3. The van der Waals surface area contributed by atoms with Crippen LogP contribution in [-0.2, 0) is 43.6 Å². The summed E-state index contributed by atoms with van der Waals surface area (Å²) in [6.07, 6.45) is 1.03. The van der Waals surface area contributed by atoms with Crippen LogP contribution in [-0.4, -0.2) is 31.2 Å². The molecule has 0 saturated heterocycles. The Morgan fingerprint density at radius 2 is 1.21 bits per heavy atom. The molecule has 4 rings (SSSR count). The Hall–Kier alpha value is -3.25. The Bertz CT molecular complexity index is 1000. The molecule has 170 valence electrons. The van der Waals surface area contributed by atoms with Crippen molar-refractivity contribution in [2.75, 3.05) is 6.61 Å². The van der Waals surface area contributed by atoms with Crippen molar-refractivity contribution < 1.29 is 23.7 Å². The fourth-order valence-corrected chi connectivity index (χ4v) is 3.69. The van der Waals surface area contributed by atoms with E-state index >= 15 is 0 Å². The maximum absolute atomic E-state index is 11.6. The second kappa shape index (κ2) is 12.1. The van der Waals surface area contributed by atoms with Crippen LogP contribution >= 0.6 is 0 Å². The van der Waals surface area contributed by atoms with Gasteiger partial charge in [0.15, 0.2) is 18.1 Å². The van der Waals surface area contributed by atoms with E-state index in [0.717, 1.165) is 16.7 Å². The molecule has 0 N–H and O–H groups in total. The van der Waals surface area contributed by atoms with Crippen LogP contribution in [0, 0.1) is 0 Å². The zero-order chi connectivity index (χ0) is 22.7. The van der Waals surface area contributed by atoms with Gasteiger partial charge in [0.05, 0.1) is 26.4 Å². The predicted octanol–water partition coefficient (Wildman–Crippen LogP) is 4.86. The van der Waals surface area contributed by atoms with Crippen LogP contribution in [0.1, 0.15) is 16.7 Å². The van der Waals surface area contributed by atoms with Gasteiger partial charge in [-0.15, -0.1) is 0 Å². The lowest BCUT2D eigenvalue weighted by Gasteiger charge is -2.36. The minimum Gasteiger partial charge on any atom is -0.482 e. The van der Waals surface area contributed by atoms with Crippen LogP contribution in [0.2, 0.25) is 0 Å². The number of hydrogen-bond donors (Lipinski definition) is 0. The molecule has 0 radical (unpaired) electrons. The smallest absolute Gasteiger partial charge is 0.184 e. The second-order valence-corrected chi connectivity index (χ2v) is 7.87. The zero-order valence-corrected chi connectivity index (χ0v) is 18.4. The topological polar surface area (TPSA) is 54.0 Å². The van der Waals surface area contributed by atoms with Gasteiger partial charge in [0.25, 0.3) is 0 Å². The lowest BCUT2D eigenvalue weighted by Crippen LogP contribution is -2.47. The van der Waals surface area contributed by atoms with E-state index in [9.17, 15) is 4.79 Å². The molecule has 5 nitrogen and oxygen atoms in total. The molecule has 3 aromatic rings. The molecule has 1 heterocycles. The number of carbonyl (C=O) groups is 1. The molecule has 33 heavy (non-hydrogen) atoms. The molecule has 0 aromatic heterocycles. The van der Waals surface area contributed by atoms with Crippen molar-refractivity contribution in [3.05, 3.63) is 120 Å². The summed E-state index contributed by atoms with van der Waals surface area (Å²) in [5.41, 5.74) is 3.16. The normalized spacial score (nSPS) is 20.0. The highest BCUT2D eigenvalue weighted by Gasteiger charge is 2.37. The molecular weight excluding hydrogens is 416 g/mol. The average Bonchev–Trinajstić information content (AvgIpc) is 2.88. The molecule has 1 aliphatic heterocycles. The average molecular weight is 445 g/mol. The van der Waals surface area contributed by atoms with Crippen molar-refractivity contribution in [3.8, 4) is 0 Å². The van der Waals surface area contributed by atoms with Crippen molar-refractivity contribution in [1.29, 1.82) is 0 Å². The van der Waals surface area contributed by atoms with Crippen molar-refractivity contribution in [1.82, 2.24) is 0 Å². The van der Waals surface area contributed by atoms with E-state index in [1.165, 1.54) is 0 Å². The Kier molecular flexibility index (Phi) is 8.42. The van der Waals surface area contributed by atoms with E-state index in [-0.39, 0.29) is 12.4 Å². The predicted molar refractivity (Wildman–Crippen MR) is 125 cm³/mol. The highest BCUT2D eigenvalue weighted by Crippen LogP contribution is 2.25. The molecule has 3 aromatic carbocycles. The molecule has 0 spiro atoms. The third-order valence-corrected chi connectivity index (χ3v) is 5.39. The summed E-state index contributed by atoms with van der Waals surface area (Å²) in [6.45, 7) is 1.52. The standard InChI is InChI=1S/C28H28O5/c29-17-25-16-26(31-19-23-12-6-2-7-13-23)28(32-20-24-14-8-3-9-15-24)27(33-25)21-30-18-22-10-4-1-5-11-22/h1-17,26-28H,18-21H2/t26?,27?,28-/m1/s1. The highest BCUT2D eigenvalue weighted by molar-refractivity contribution is 5.70. The summed E-state index contributed by atoms with van der Waals surface area (Å²) in [5.74, 6) is 0.237. The number of rotatable bonds is 11. The van der Waals surface area contributed by atoms with Crippen molar-refractivity contribution in [2.24, 2.45) is 0 Å². The summed E-state index contributed by atoms with van der Waals surface area (Å²) in [7, 11) is 0. The molecule has 5 heteroatoms. The van der Waals surface area contributed by atoms with Gasteiger partial charge in [-0.1, -0.05) is 91.0 Å². The summed E-state index contributed by atoms with van der Waals surface area (Å²) in [5, 5.41) is 0.